The molecule has 0 saturated carbocycles. The van der Waals surface area contributed by atoms with Crippen molar-refractivity contribution in [2.45, 2.75) is 11.1 Å². The van der Waals surface area contributed by atoms with Crippen LogP contribution in [0.4, 0.5) is 24.5 Å². The molecule has 0 bridgehead atoms. The van der Waals surface area contributed by atoms with Gasteiger partial charge in [-0.2, -0.15) is 13.2 Å². The van der Waals surface area contributed by atoms with E-state index in [-0.39, 0.29) is 27.4 Å². The molecule has 8 nitrogen and oxygen atoms in total. The zero-order valence-corrected chi connectivity index (χ0v) is 18.6. The van der Waals surface area contributed by atoms with E-state index in [1.807, 2.05) is 0 Å². The van der Waals surface area contributed by atoms with Gasteiger partial charge in [-0.05, 0) is 42.5 Å². The smallest absolute Gasteiger partial charge is 0.433 e. The zero-order chi connectivity index (χ0) is 25.1. The third kappa shape index (κ3) is 5.17. The lowest BCUT2D eigenvalue weighted by Gasteiger charge is -2.20. The summed E-state index contributed by atoms with van der Waals surface area (Å²) in [5.74, 6) is -1.36. The van der Waals surface area contributed by atoms with E-state index in [4.69, 9.17) is 0 Å². The first kappa shape index (κ1) is 24.7. The Hall–Kier alpha value is -3.93. The predicted octanol–water partition coefficient (Wildman–Crippen LogP) is 3.96. The number of methoxy groups -OCH3 is 1. The molecule has 2 aromatic carbocycles. The van der Waals surface area contributed by atoms with Crippen LogP contribution in [0.15, 0.2) is 71.8 Å². The molecule has 178 valence electrons. The molecule has 1 N–H and O–H groups in total. The SMILES string of the molecule is COC(=O)c1ccccc1NC(=O)c1cccc(S(=O)(=O)N(C)c2ccc(C(F)(F)F)nc2)c1. The number of alkyl halides is 3. The Balaban J connectivity index is 1.87. The van der Waals surface area contributed by atoms with Crippen LogP contribution < -0.4 is 9.62 Å². The van der Waals surface area contributed by atoms with Gasteiger partial charge in [-0.3, -0.25) is 9.10 Å². The number of hydrogen-bond donors (Lipinski definition) is 1. The lowest BCUT2D eigenvalue weighted by atomic mass is 10.1. The van der Waals surface area contributed by atoms with E-state index in [1.54, 1.807) is 12.1 Å². The number of anilines is 2. The Morgan fingerprint density at radius 1 is 1.03 bits per heavy atom. The van der Waals surface area contributed by atoms with Gasteiger partial charge < -0.3 is 10.1 Å². The maximum Gasteiger partial charge on any atom is 0.433 e. The van der Waals surface area contributed by atoms with Gasteiger partial charge in [0.1, 0.15) is 5.69 Å². The molecule has 0 aliphatic carbocycles. The first-order valence-corrected chi connectivity index (χ1v) is 11.0. The van der Waals surface area contributed by atoms with Crippen molar-refractivity contribution < 1.29 is 35.9 Å². The highest BCUT2D eigenvalue weighted by molar-refractivity contribution is 7.92. The van der Waals surface area contributed by atoms with Gasteiger partial charge in [-0.1, -0.05) is 18.2 Å². The number of amides is 1. The number of carbonyl (C=O) groups excluding carboxylic acids is 2. The Labute approximate surface area is 193 Å². The third-order valence-corrected chi connectivity index (χ3v) is 6.52. The normalized spacial score (nSPS) is 11.6. The Bertz CT molecular complexity index is 1330. The van der Waals surface area contributed by atoms with Crippen molar-refractivity contribution in [2.75, 3.05) is 23.8 Å². The van der Waals surface area contributed by atoms with Gasteiger partial charge in [0.05, 0.1) is 35.1 Å². The molecule has 1 heterocycles. The summed E-state index contributed by atoms with van der Waals surface area (Å²) < 4.78 is 69.6. The van der Waals surface area contributed by atoms with E-state index >= 15 is 0 Å². The molecule has 0 radical (unpaired) electrons. The quantitative estimate of drug-likeness (QED) is 0.521. The van der Waals surface area contributed by atoms with Crippen LogP contribution in [0.5, 0.6) is 0 Å². The van der Waals surface area contributed by atoms with Crippen molar-refractivity contribution in [3.05, 3.63) is 83.7 Å². The molecular weight excluding hydrogens is 475 g/mol. The molecule has 3 aromatic rings. The summed E-state index contributed by atoms with van der Waals surface area (Å²) in [6.07, 6.45) is -3.87. The van der Waals surface area contributed by atoms with Crippen LogP contribution in [0.2, 0.25) is 0 Å². The monoisotopic (exact) mass is 493 g/mol. The van der Waals surface area contributed by atoms with Crippen LogP contribution in [0, 0.1) is 0 Å². The van der Waals surface area contributed by atoms with Crippen molar-refractivity contribution in [2.24, 2.45) is 0 Å². The van der Waals surface area contributed by atoms with Gasteiger partial charge in [-0.25, -0.2) is 18.2 Å². The maximum atomic E-state index is 13.0. The van der Waals surface area contributed by atoms with Gasteiger partial charge in [0.2, 0.25) is 0 Å². The molecule has 1 amide bonds. The van der Waals surface area contributed by atoms with E-state index in [9.17, 15) is 31.2 Å². The molecule has 0 atom stereocenters. The summed E-state index contributed by atoms with van der Waals surface area (Å²) in [6.45, 7) is 0. The van der Waals surface area contributed by atoms with Gasteiger partial charge in [0.25, 0.3) is 15.9 Å². The first-order valence-electron chi connectivity index (χ1n) is 9.56. The van der Waals surface area contributed by atoms with Crippen LogP contribution >= 0.6 is 0 Å². The summed E-state index contributed by atoms with van der Waals surface area (Å²) in [7, 11) is -1.89. The molecule has 0 unspecified atom stereocenters. The molecule has 34 heavy (non-hydrogen) atoms. The summed E-state index contributed by atoms with van der Waals surface area (Å²) >= 11 is 0. The average molecular weight is 493 g/mol. The average Bonchev–Trinajstić information content (AvgIpc) is 2.83. The van der Waals surface area contributed by atoms with E-state index in [0.717, 1.165) is 29.7 Å². The number of pyridine rings is 1. The lowest BCUT2D eigenvalue weighted by Crippen LogP contribution is -2.27. The number of benzene rings is 2. The van der Waals surface area contributed by atoms with Gasteiger partial charge in [0, 0.05) is 12.6 Å². The maximum absolute atomic E-state index is 13.0. The van der Waals surface area contributed by atoms with E-state index in [0.29, 0.717) is 6.07 Å². The molecule has 0 fully saturated rings. The fourth-order valence-electron chi connectivity index (χ4n) is 2.91. The number of para-hydroxylation sites is 1. The van der Waals surface area contributed by atoms with Gasteiger partial charge in [-0.15, -0.1) is 0 Å². The molecule has 0 spiro atoms. The zero-order valence-electron chi connectivity index (χ0n) is 17.8. The second kappa shape index (κ2) is 9.51. The fourth-order valence-corrected chi connectivity index (χ4v) is 4.14. The number of sulfonamides is 1. The third-order valence-electron chi connectivity index (χ3n) is 4.74. The van der Waals surface area contributed by atoms with Crippen molar-refractivity contribution in [3.8, 4) is 0 Å². The molecule has 3 rings (SSSR count). The molecule has 1 aromatic heterocycles. The number of carbonyl (C=O) groups is 2. The molecule has 0 aliphatic rings. The minimum absolute atomic E-state index is 0.0281. The van der Waals surface area contributed by atoms with E-state index in [1.165, 1.54) is 37.4 Å². The molecular formula is C22H18F3N3O5S. The highest BCUT2D eigenvalue weighted by atomic mass is 32.2. The topological polar surface area (TPSA) is 106 Å². The van der Waals surface area contributed by atoms with Crippen LogP contribution in [-0.4, -0.2) is 39.4 Å². The van der Waals surface area contributed by atoms with Crippen molar-refractivity contribution in [1.29, 1.82) is 0 Å². The predicted molar refractivity (Wildman–Crippen MR) is 117 cm³/mol. The Kier molecular flexibility index (Phi) is 6.91. The molecule has 12 heteroatoms. The Morgan fingerprint density at radius 3 is 2.35 bits per heavy atom. The van der Waals surface area contributed by atoms with Crippen LogP contribution in [0.25, 0.3) is 0 Å². The number of aromatic nitrogens is 1. The van der Waals surface area contributed by atoms with Gasteiger partial charge >= 0.3 is 12.1 Å². The molecule has 0 aliphatic heterocycles. The van der Waals surface area contributed by atoms with E-state index in [2.05, 4.69) is 15.0 Å². The number of nitrogens with zero attached hydrogens (tertiary/aromatic N) is 2. The number of nitrogens with one attached hydrogen (secondary N) is 1. The fraction of sp³-hybridized carbons (Fsp3) is 0.136. The summed E-state index contributed by atoms with van der Waals surface area (Å²) in [6, 6.07) is 12.8. The first-order chi connectivity index (χ1) is 15.9. The van der Waals surface area contributed by atoms with Gasteiger partial charge in [0.15, 0.2) is 0 Å². The highest BCUT2D eigenvalue weighted by Gasteiger charge is 2.32. The number of hydrogen-bond acceptors (Lipinski definition) is 6. The number of ether oxygens (including phenoxy) is 1. The van der Waals surface area contributed by atoms with Crippen LogP contribution in [0.3, 0.4) is 0 Å². The number of rotatable bonds is 6. The minimum Gasteiger partial charge on any atom is -0.465 e. The largest absolute Gasteiger partial charge is 0.465 e. The minimum atomic E-state index is -4.66. The standard InChI is InChI=1S/C22H18F3N3O5S/c1-28(15-10-11-19(26-13-15)22(23,24)25)34(31,32)16-7-5-6-14(12-16)20(29)27-18-9-4-3-8-17(18)21(30)33-2/h3-13H,1-2H3,(H,27,29). The molecule has 0 saturated heterocycles. The van der Waals surface area contributed by atoms with Crippen molar-refractivity contribution in [1.82, 2.24) is 4.98 Å². The summed E-state index contributed by atoms with van der Waals surface area (Å²) in [5.41, 5.74) is -1.01. The van der Waals surface area contributed by atoms with Crippen molar-refractivity contribution in [3.63, 3.8) is 0 Å². The second-order valence-corrected chi connectivity index (χ2v) is 8.86. The van der Waals surface area contributed by atoms with Crippen LogP contribution in [-0.2, 0) is 20.9 Å². The summed E-state index contributed by atoms with van der Waals surface area (Å²) in [4.78, 5) is 27.6. The van der Waals surface area contributed by atoms with Crippen molar-refractivity contribution >= 4 is 33.3 Å². The summed E-state index contributed by atoms with van der Waals surface area (Å²) in [5, 5.41) is 2.54. The number of halogens is 3. The second-order valence-electron chi connectivity index (χ2n) is 6.89. The number of esters is 1. The van der Waals surface area contributed by atoms with Crippen LogP contribution in [0.1, 0.15) is 26.4 Å². The Morgan fingerprint density at radius 2 is 1.74 bits per heavy atom. The highest BCUT2D eigenvalue weighted by Crippen LogP contribution is 2.29. The van der Waals surface area contributed by atoms with E-state index < -0.39 is 33.8 Å². The lowest BCUT2D eigenvalue weighted by molar-refractivity contribution is -0.141.